The summed E-state index contributed by atoms with van der Waals surface area (Å²) in [6, 6.07) is 2.56. The van der Waals surface area contributed by atoms with Crippen LogP contribution in [0.1, 0.15) is 19.4 Å². The standard InChI is InChI=1S/C11H18N2/c1-4-12-10(2)5-6-11-7-8-13(3)9-11/h5-10,12H,4H2,1-3H3/b6-5+. The van der Waals surface area contributed by atoms with Crippen molar-refractivity contribution in [1.29, 1.82) is 0 Å². The Hall–Kier alpha value is -1.02. The Balaban J connectivity index is 2.48. The Bertz CT molecular complexity index is 273. The summed E-state index contributed by atoms with van der Waals surface area (Å²) in [6.07, 6.45) is 8.49. The lowest BCUT2D eigenvalue weighted by Crippen LogP contribution is -2.22. The van der Waals surface area contributed by atoms with E-state index >= 15 is 0 Å². The maximum absolute atomic E-state index is 3.33. The van der Waals surface area contributed by atoms with Crippen LogP contribution in [-0.4, -0.2) is 17.2 Å². The molecule has 1 rings (SSSR count). The van der Waals surface area contributed by atoms with Gasteiger partial charge in [-0.3, -0.25) is 0 Å². The van der Waals surface area contributed by atoms with Crippen molar-refractivity contribution in [3.05, 3.63) is 30.1 Å². The normalized spacial score (nSPS) is 13.8. The van der Waals surface area contributed by atoms with Gasteiger partial charge in [-0.25, -0.2) is 0 Å². The second-order valence-corrected chi connectivity index (χ2v) is 3.32. The largest absolute Gasteiger partial charge is 0.357 e. The van der Waals surface area contributed by atoms with Gasteiger partial charge in [0.15, 0.2) is 0 Å². The number of nitrogens with zero attached hydrogens (tertiary/aromatic N) is 1. The molecule has 13 heavy (non-hydrogen) atoms. The van der Waals surface area contributed by atoms with E-state index < -0.39 is 0 Å². The minimum atomic E-state index is 0.449. The van der Waals surface area contributed by atoms with Crippen molar-refractivity contribution in [2.75, 3.05) is 6.54 Å². The topological polar surface area (TPSA) is 17.0 Å². The maximum atomic E-state index is 3.33. The molecular formula is C11H18N2. The van der Waals surface area contributed by atoms with Crippen molar-refractivity contribution in [3.8, 4) is 0 Å². The molecule has 0 radical (unpaired) electrons. The second kappa shape index (κ2) is 4.87. The summed E-state index contributed by atoms with van der Waals surface area (Å²) in [4.78, 5) is 0. The summed E-state index contributed by atoms with van der Waals surface area (Å²) in [5, 5.41) is 3.33. The average Bonchev–Trinajstić information content (AvgIpc) is 2.49. The van der Waals surface area contributed by atoms with Gasteiger partial charge in [-0.15, -0.1) is 0 Å². The van der Waals surface area contributed by atoms with Gasteiger partial charge in [0.2, 0.25) is 0 Å². The summed E-state index contributed by atoms with van der Waals surface area (Å²) in [5.41, 5.74) is 1.26. The lowest BCUT2D eigenvalue weighted by molar-refractivity contribution is 0.663. The van der Waals surface area contributed by atoms with Gasteiger partial charge in [-0.05, 0) is 25.1 Å². The number of hydrogen-bond acceptors (Lipinski definition) is 1. The first-order chi connectivity index (χ1) is 6.22. The fourth-order valence-corrected chi connectivity index (χ4v) is 1.27. The van der Waals surface area contributed by atoms with Gasteiger partial charge in [0.25, 0.3) is 0 Å². The van der Waals surface area contributed by atoms with Crippen LogP contribution in [0.25, 0.3) is 6.08 Å². The molecule has 0 aromatic carbocycles. The summed E-state index contributed by atoms with van der Waals surface area (Å²) >= 11 is 0. The highest BCUT2D eigenvalue weighted by Gasteiger charge is 1.92. The zero-order valence-corrected chi connectivity index (χ0v) is 8.62. The summed E-state index contributed by atoms with van der Waals surface area (Å²) < 4.78 is 2.05. The number of aromatic nitrogens is 1. The van der Waals surface area contributed by atoms with E-state index in [1.54, 1.807) is 0 Å². The summed E-state index contributed by atoms with van der Waals surface area (Å²) in [5.74, 6) is 0. The highest BCUT2D eigenvalue weighted by atomic mass is 14.9. The molecule has 0 fully saturated rings. The van der Waals surface area contributed by atoms with Crippen molar-refractivity contribution in [2.24, 2.45) is 7.05 Å². The number of nitrogens with one attached hydrogen (secondary N) is 1. The molecule has 0 saturated carbocycles. The molecule has 72 valence electrons. The van der Waals surface area contributed by atoms with Gasteiger partial charge in [0, 0.05) is 25.5 Å². The first-order valence-electron chi connectivity index (χ1n) is 4.76. The van der Waals surface area contributed by atoms with Gasteiger partial charge in [-0.2, -0.15) is 0 Å². The number of likely N-dealkylation sites (N-methyl/N-ethyl adjacent to an activating group) is 1. The van der Waals surface area contributed by atoms with Gasteiger partial charge >= 0.3 is 0 Å². The van der Waals surface area contributed by atoms with E-state index in [1.165, 1.54) is 5.56 Å². The third-order valence-corrected chi connectivity index (χ3v) is 1.96. The second-order valence-electron chi connectivity index (χ2n) is 3.32. The summed E-state index contributed by atoms with van der Waals surface area (Å²) in [7, 11) is 2.03. The molecule has 0 aliphatic rings. The van der Waals surface area contributed by atoms with Gasteiger partial charge in [0.05, 0.1) is 0 Å². The fraction of sp³-hybridized carbons (Fsp3) is 0.455. The molecule has 0 aliphatic heterocycles. The zero-order valence-electron chi connectivity index (χ0n) is 8.62. The minimum Gasteiger partial charge on any atom is -0.357 e. The van der Waals surface area contributed by atoms with Gasteiger partial charge < -0.3 is 9.88 Å². The zero-order chi connectivity index (χ0) is 9.68. The molecule has 1 aromatic heterocycles. The first kappa shape index (κ1) is 10.1. The SMILES string of the molecule is CCNC(C)/C=C/c1ccn(C)c1. The van der Waals surface area contributed by atoms with Crippen LogP contribution in [0, 0.1) is 0 Å². The van der Waals surface area contributed by atoms with E-state index in [0.29, 0.717) is 6.04 Å². The van der Waals surface area contributed by atoms with Crippen molar-refractivity contribution in [2.45, 2.75) is 19.9 Å². The van der Waals surface area contributed by atoms with E-state index in [9.17, 15) is 0 Å². The van der Waals surface area contributed by atoms with E-state index in [2.05, 4.69) is 54.3 Å². The average molecular weight is 178 g/mol. The molecule has 2 nitrogen and oxygen atoms in total. The van der Waals surface area contributed by atoms with Crippen LogP contribution >= 0.6 is 0 Å². The molecule has 1 heterocycles. The van der Waals surface area contributed by atoms with Gasteiger partial charge in [0.1, 0.15) is 0 Å². The van der Waals surface area contributed by atoms with Crippen LogP contribution in [0.2, 0.25) is 0 Å². The Kier molecular flexibility index (Phi) is 3.77. The van der Waals surface area contributed by atoms with Crippen LogP contribution in [0.3, 0.4) is 0 Å². The molecule has 1 unspecified atom stereocenters. The monoisotopic (exact) mass is 178 g/mol. The van der Waals surface area contributed by atoms with Crippen molar-refractivity contribution in [3.63, 3.8) is 0 Å². The smallest absolute Gasteiger partial charge is 0.0224 e. The quantitative estimate of drug-likeness (QED) is 0.746. The summed E-state index contributed by atoms with van der Waals surface area (Å²) in [6.45, 7) is 5.29. The molecule has 0 amide bonds. The highest BCUT2D eigenvalue weighted by Crippen LogP contribution is 2.02. The molecule has 1 N–H and O–H groups in total. The Morgan fingerprint density at radius 1 is 1.62 bits per heavy atom. The minimum absolute atomic E-state index is 0.449. The molecule has 0 bridgehead atoms. The van der Waals surface area contributed by atoms with E-state index in [4.69, 9.17) is 0 Å². The molecule has 0 spiro atoms. The van der Waals surface area contributed by atoms with E-state index in [1.807, 2.05) is 7.05 Å². The molecule has 2 heteroatoms. The van der Waals surface area contributed by atoms with Crippen molar-refractivity contribution in [1.82, 2.24) is 9.88 Å². The van der Waals surface area contributed by atoms with Crippen molar-refractivity contribution < 1.29 is 0 Å². The Labute approximate surface area is 80.3 Å². The number of hydrogen-bond donors (Lipinski definition) is 1. The fourth-order valence-electron chi connectivity index (χ4n) is 1.27. The van der Waals surface area contributed by atoms with Crippen LogP contribution in [0.5, 0.6) is 0 Å². The predicted octanol–water partition coefficient (Wildman–Crippen LogP) is 2.04. The first-order valence-corrected chi connectivity index (χ1v) is 4.76. The third-order valence-electron chi connectivity index (χ3n) is 1.96. The van der Waals surface area contributed by atoms with Crippen LogP contribution in [-0.2, 0) is 7.05 Å². The van der Waals surface area contributed by atoms with E-state index in [-0.39, 0.29) is 0 Å². The number of aryl methyl sites for hydroxylation is 1. The molecule has 0 saturated heterocycles. The molecule has 0 aliphatic carbocycles. The van der Waals surface area contributed by atoms with Crippen LogP contribution < -0.4 is 5.32 Å². The molecule has 1 aromatic rings. The highest BCUT2D eigenvalue weighted by molar-refractivity contribution is 5.48. The number of rotatable bonds is 4. The lowest BCUT2D eigenvalue weighted by Gasteiger charge is -2.04. The molecular weight excluding hydrogens is 160 g/mol. The van der Waals surface area contributed by atoms with Crippen molar-refractivity contribution >= 4 is 6.08 Å². The van der Waals surface area contributed by atoms with Crippen LogP contribution in [0.15, 0.2) is 24.5 Å². The van der Waals surface area contributed by atoms with E-state index in [0.717, 1.165) is 6.54 Å². The predicted molar refractivity (Wildman–Crippen MR) is 57.6 cm³/mol. The van der Waals surface area contributed by atoms with Crippen LogP contribution in [0.4, 0.5) is 0 Å². The lowest BCUT2D eigenvalue weighted by atomic mass is 10.2. The maximum Gasteiger partial charge on any atom is 0.0224 e. The Morgan fingerprint density at radius 3 is 2.92 bits per heavy atom. The third kappa shape index (κ3) is 3.47. The molecule has 1 atom stereocenters. The van der Waals surface area contributed by atoms with Gasteiger partial charge in [-0.1, -0.05) is 19.1 Å². The Morgan fingerprint density at radius 2 is 2.38 bits per heavy atom.